The Kier molecular flexibility index (Phi) is 2.40. The molecule has 0 unspecified atom stereocenters. The van der Waals surface area contributed by atoms with Gasteiger partial charge in [-0.3, -0.25) is 4.79 Å². The van der Waals surface area contributed by atoms with Crippen LogP contribution in [0.5, 0.6) is 0 Å². The zero-order valence-electron chi connectivity index (χ0n) is 9.67. The highest BCUT2D eigenvalue weighted by atomic mass is 16.4. The molecule has 0 bridgehead atoms. The van der Waals surface area contributed by atoms with Gasteiger partial charge in [-0.15, -0.1) is 0 Å². The van der Waals surface area contributed by atoms with E-state index in [9.17, 15) is 9.59 Å². The topological polar surface area (TPSA) is 70.0 Å². The predicted molar refractivity (Wildman–Crippen MR) is 65.7 cm³/mol. The maximum absolute atomic E-state index is 11.9. The van der Waals surface area contributed by atoms with Crippen molar-refractivity contribution in [3.63, 3.8) is 0 Å². The number of aromatic carboxylic acids is 1. The fourth-order valence-electron chi connectivity index (χ4n) is 2.06. The summed E-state index contributed by atoms with van der Waals surface area (Å²) >= 11 is 0. The molecule has 1 saturated carbocycles. The predicted octanol–water partition coefficient (Wildman–Crippen LogP) is 1.89. The van der Waals surface area contributed by atoms with Crippen molar-refractivity contribution in [2.75, 3.05) is 5.01 Å². The van der Waals surface area contributed by atoms with Crippen LogP contribution in [-0.2, 0) is 4.79 Å². The lowest BCUT2D eigenvalue weighted by Gasteiger charge is -2.11. The number of anilines is 1. The van der Waals surface area contributed by atoms with Crippen molar-refractivity contribution in [3.05, 3.63) is 29.8 Å². The number of carboxylic acids is 1. The molecule has 0 atom stereocenters. The number of nitrogens with zero attached hydrogens (tertiary/aromatic N) is 2. The lowest BCUT2D eigenvalue weighted by molar-refractivity contribution is -0.116. The normalized spacial score (nSPS) is 19.0. The SMILES string of the molecule is O=C(O)c1cccc(N2N=C(C3CC3)CC2=O)c1. The molecule has 1 aliphatic carbocycles. The van der Waals surface area contributed by atoms with Crippen LogP contribution in [0.15, 0.2) is 29.4 Å². The molecule has 1 aromatic carbocycles. The number of carboxylic acid groups (broad SMARTS) is 1. The van der Waals surface area contributed by atoms with E-state index < -0.39 is 5.97 Å². The Bertz CT molecular complexity index is 561. The van der Waals surface area contributed by atoms with Crippen LogP contribution in [0.3, 0.4) is 0 Å². The minimum absolute atomic E-state index is 0.0839. The largest absolute Gasteiger partial charge is 0.478 e. The number of amides is 1. The molecule has 3 rings (SSSR count). The molecule has 1 aromatic rings. The number of carbonyl (C=O) groups is 2. The van der Waals surface area contributed by atoms with E-state index in [4.69, 9.17) is 5.11 Å². The molecular weight excluding hydrogens is 232 g/mol. The van der Waals surface area contributed by atoms with Crippen LogP contribution in [0, 0.1) is 5.92 Å². The lowest BCUT2D eigenvalue weighted by Crippen LogP contribution is -2.19. The van der Waals surface area contributed by atoms with Crippen LogP contribution in [0.25, 0.3) is 0 Å². The summed E-state index contributed by atoms with van der Waals surface area (Å²) in [7, 11) is 0. The molecular formula is C13H12N2O3. The standard InChI is InChI=1S/C13H12N2O3/c16-12-7-11(8-4-5-8)14-15(12)10-3-1-2-9(6-10)13(17)18/h1-3,6,8H,4-5,7H2,(H,17,18). The molecule has 1 amide bonds. The van der Waals surface area contributed by atoms with Gasteiger partial charge in [0.25, 0.3) is 5.91 Å². The molecule has 1 fully saturated rings. The Hall–Kier alpha value is -2.17. The Morgan fingerprint density at radius 1 is 1.39 bits per heavy atom. The van der Waals surface area contributed by atoms with Gasteiger partial charge in [0.05, 0.1) is 23.4 Å². The van der Waals surface area contributed by atoms with Crippen LogP contribution in [0.2, 0.25) is 0 Å². The summed E-state index contributed by atoms with van der Waals surface area (Å²) in [6.07, 6.45) is 2.58. The van der Waals surface area contributed by atoms with Gasteiger partial charge in [0.1, 0.15) is 0 Å². The molecule has 5 nitrogen and oxygen atoms in total. The summed E-state index contributed by atoms with van der Waals surface area (Å²) in [6, 6.07) is 6.29. The van der Waals surface area contributed by atoms with E-state index in [1.807, 2.05) is 0 Å². The van der Waals surface area contributed by atoms with E-state index in [2.05, 4.69) is 5.10 Å². The average molecular weight is 244 g/mol. The smallest absolute Gasteiger partial charge is 0.335 e. The average Bonchev–Trinajstić information content (AvgIpc) is 3.13. The van der Waals surface area contributed by atoms with Crippen molar-refractivity contribution in [1.29, 1.82) is 0 Å². The number of carbonyl (C=O) groups excluding carboxylic acids is 1. The van der Waals surface area contributed by atoms with Gasteiger partial charge in [-0.1, -0.05) is 6.07 Å². The highest BCUT2D eigenvalue weighted by Gasteiger charge is 2.35. The first kappa shape index (κ1) is 11.0. The fraction of sp³-hybridized carbons (Fsp3) is 0.308. The molecule has 18 heavy (non-hydrogen) atoms. The van der Waals surface area contributed by atoms with Crippen LogP contribution in [0.4, 0.5) is 5.69 Å². The van der Waals surface area contributed by atoms with Crippen molar-refractivity contribution < 1.29 is 14.7 Å². The number of hydrogen-bond donors (Lipinski definition) is 1. The number of hydrogen-bond acceptors (Lipinski definition) is 3. The van der Waals surface area contributed by atoms with E-state index in [1.165, 1.54) is 17.1 Å². The van der Waals surface area contributed by atoms with E-state index in [1.54, 1.807) is 12.1 Å². The van der Waals surface area contributed by atoms with Crippen LogP contribution in [0.1, 0.15) is 29.6 Å². The Labute approximate surface area is 104 Å². The molecule has 2 aliphatic rings. The van der Waals surface area contributed by atoms with Crippen molar-refractivity contribution in [2.45, 2.75) is 19.3 Å². The molecule has 5 heteroatoms. The molecule has 0 saturated heterocycles. The number of rotatable bonds is 3. The van der Waals surface area contributed by atoms with E-state index in [0.717, 1.165) is 18.6 Å². The first-order valence-corrected chi connectivity index (χ1v) is 5.89. The van der Waals surface area contributed by atoms with Crippen molar-refractivity contribution in [1.82, 2.24) is 0 Å². The van der Waals surface area contributed by atoms with Gasteiger partial charge in [-0.05, 0) is 37.0 Å². The van der Waals surface area contributed by atoms with Crippen molar-refractivity contribution >= 4 is 23.3 Å². The lowest BCUT2D eigenvalue weighted by atomic mass is 10.2. The zero-order chi connectivity index (χ0) is 12.7. The minimum Gasteiger partial charge on any atom is -0.478 e. The van der Waals surface area contributed by atoms with Crippen molar-refractivity contribution in [2.24, 2.45) is 11.0 Å². The Balaban J connectivity index is 1.92. The van der Waals surface area contributed by atoms with Gasteiger partial charge >= 0.3 is 5.97 Å². The van der Waals surface area contributed by atoms with Gasteiger partial charge in [0, 0.05) is 0 Å². The van der Waals surface area contributed by atoms with E-state index in [-0.39, 0.29) is 11.5 Å². The first-order chi connectivity index (χ1) is 8.65. The van der Waals surface area contributed by atoms with Gasteiger partial charge in [0.2, 0.25) is 0 Å². The highest BCUT2D eigenvalue weighted by molar-refractivity contribution is 6.14. The third-order valence-corrected chi connectivity index (χ3v) is 3.18. The molecule has 0 spiro atoms. The van der Waals surface area contributed by atoms with E-state index >= 15 is 0 Å². The van der Waals surface area contributed by atoms with Crippen LogP contribution in [-0.4, -0.2) is 22.7 Å². The summed E-state index contributed by atoms with van der Waals surface area (Å²) in [4.78, 5) is 22.8. The minimum atomic E-state index is -1.00. The number of benzene rings is 1. The molecule has 0 radical (unpaired) electrons. The molecule has 92 valence electrons. The quantitative estimate of drug-likeness (QED) is 0.882. The summed E-state index contributed by atoms with van der Waals surface area (Å²) in [5.41, 5.74) is 1.62. The second-order valence-electron chi connectivity index (χ2n) is 4.60. The second-order valence-corrected chi connectivity index (χ2v) is 4.60. The summed E-state index contributed by atoms with van der Waals surface area (Å²) in [5, 5.41) is 14.6. The fourth-order valence-corrected chi connectivity index (χ4v) is 2.06. The van der Waals surface area contributed by atoms with Gasteiger partial charge < -0.3 is 5.11 Å². The monoisotopic (exact) mass is 244 g/mol. The number of hydrazone groups is 1. The third kappa shape index (κ3) is 1.88. The maximum Gasteiger partial charge on any atom is 0.335 e. The van der Waals surface area contributed by atoms with Gasteiger partial charge in [-0.25, -0.2) is 9.80 Å². The van der Waals surface area contributed by atoms with Crippen LogP contribution < -0.4 is 5.01 Å². The second kappa shape index (κ2) is 3.94. The highest BCUT2D eigenvalue weighted by Crippen LogP contribution is 2.35. The molecule has 1 heterocycles. The summed E-state index contributed by atoms with van der Waals surface area (Å²) in [5.74, 6) is -0.629. The molecule has 1 N–H and O–H groups in total. The molecule has 0 aromatic heterocycles. The summed E-state index contributed by atoms with van der Waals surface area (Å²) < 4.78 is 0. The third-order valence-electron chi connectivity index (χ3n) is 3.18. The zero-order valence-corrected chi connectivity index (χ0v) is 9.67. The Morgan fingerprint density at radius 2 is 2.17 bits per heavy atom. The first-order valence-electron chi connectivity index (χ1n) is 5.89. The van der Waals surface area contributed by atoms with Crippen LogP contribution >= 0.6 is 0 Å². The maximum atomic E-state index is 11.9. The van der Waals surface area contributed by atoms with E-state index in [0.29, 0.717) is 18.0 Å². The van der Waals surface area contributed by atoms with Gasteiger partial charge in [0.15, 0.2) is 0 Å². The molecule has 1 aliphatic heterocycles. The Morgan fingerprint density at radius 3 is 2.83 bits per heavy atom. The summed E-state index contributed by atoms with van der Waals surface area (Å²) in [6.45, 7) is 0. The van der Waals surface area contributed by atoms with Gasteiger partial charge in [-0.2, -0.15) is 5.10 Å². The van der Waals surface area contributed by atoms with Crippen molar-refractivity contribution in [3.8, 4) is 0 Å².